The Balaban J connectivity index is 2.77. The SMILES string of the molecule is COC(=O)C1=C(C)NC(CO)=C(C(=O)OC(C)C)[C@@H]1c1cccc(Cl)c1Cl. The highest BCUT2D eigenvalue weighted by molar-refractivity contribution is 6.42. The predicted octanol–water partition coefficient (Wildman–Crippen LogP) is 3.33. The van der Waals surface area contributed by atoms with E-state index in [-0.39, 0.29) is 26.9 Å². The number of dihydropyridines is 1. The number of hydrogen-bond donors (Lipinski definition) is 2. The normalized spacial score (nSPS) is 17.1. The fourth-order valence-corrected chi connectivity index (χ4v) is 3.39. The summed E-state index contributed by atoms with van der Waals surface area (Å²) >= 11 is 12.5. The number of rotatable bonds is 5. The Labute approximate surface area is 167 Å². The molecule has 1 aliphatic rings. The standard InChI is InChI=1S/C19H21Cl2NO5/c1-9(2)27-19(25)16-13(8-23)22-10(3)14(18(24)26-4)15(16)11-6-5-7-12(20)17(11)21/h5-7,9,15,22-23H,8H2,1-4H3/t15-/m1/s1. The summed E-state index contributed by atoms with van der Waals surface area (Å²) < 4.78 is 10.3. The predicted molar refractivity (Wildman–Crippen MR) is 102 cm³/mol. The first-order valence-corrected chi connectivity index (χ1v) is 9.03. The molecule has 146 valence electrons. The van der Waals surface area contributed by atoms with Crippen LogP contribution in [0.5, 0.6) is 0 Å². The average molecular weight is 414 g/mol. The molecule has 0 amide bonds. The smallest absolute Gasteiger partial charge is 0.337 e. The zero-order valence-electron chi connectivity index (χ0n) is 15.4. The number of carbonyl (C=O) groups is 2. The van der Waals surface area contributed by atoms with Crippen LogP contribution < -0.4 is 5.32 Å². The van der Waals surface area contributed by atoms with E-state index in [2.05, 4.69) is 5.32 Å². The van der Waals surface area contributed by atoms with E-state index in [1.54, 1.807) is 39.0 Å². The topological polar surface area (TPSA) is 84.9 Å². The summed E-state index contributed by atoms with van der Waals surface area (Å²) in [5.74, 6) is -2.21. The molecule has 1 aromatic carbocycles. The van der Waals surface area contributed by atoms with Crippen LogP contribution >= 0.6 is 23.2 Å². The number of nitrogens with one attached hydrogen (secondary N) is 1. The largest absolute Gasteiger partial charge is 0.466 e. The number of halogens is 2. The number of benzene rings is 1. The van der Waals surface area contributed by atoms with Crippen molar-refractivity contribution in [2.45, 2.75) is 32.8 Å². The molecule has 1 atom stereocenters. The van der Waals surface area contributed by atoms with Crippen molar-refractivity contribution in [3.05, 3.63) is 56.3 Å². The third kappa shape index (κ3) is 4.29. The van der Waals surface area contributed by atoms with E-state index in [0.717, 1.165) is 0 Å². The first kappa shape index (κ1) is 21.3. The molecular formula is C19H21Cl2NO5. The molecular weight excluding hydrogens is 393 g/mol. The molecule has 27 heavy (non-hydrogen) atoms. The Morgan fingerprint density at radius 1 is 1.22 bits per heavy atom. The Bertz CT molecular complexity index is 829. The second-order valence-corrected chi connectivity index (χ2v) is 7.02. The second kappa shape index (κ2) is 8.78. The quantitative estimate of drug-likeness (QED) is 0.720. The van der Waals surface area contributed by atoms with Crippen molar-refractivity contribution in [1.29, 1.82) is 0 Å². The van der Waals surface area contributed by atoms with Crippen molar-refractivity contribution in [3.63, 3.8) is 0 Å². The molecule has 0 unspecified atom stereocenters. The summed E-state index contributed by atoms with van der Waals surface area (Å²) in [6, 6.07) is 4.93. The molecule has 2 rings (SSSR count). The molecule has 1 heterocycles. The van der Waals surface area contributed by atoms with Gasteiger partial charge in [0, 0.05) is 5.70 Å². The summed E-state index contributed by atoms with van der Waals surface area (Å²) in [7, 11) is 1.25. The van der Waals surface area contributed by atoms with Crippen LogP contribution in [-0.2, 0) is 19.1 Å². The number of aliphatic hydroxyl groups is 1. The van der Waals surface area contributed by atoms with Gasteiger partial charge in [-0.2, -0.15) is 0 Å². The van der Waals surface area contributed by atoms with Gasteiger partial charge in [-0.25, -0.2) is 9.59 Å². The first-order chi connectivity index (χ1) is 12.7. The van der Waals surface area contributed by atoms with Gasteiger partial charge in [-0.15, -0.1) is 0 Å². The van der Waals surface area contributed by atoms with Gasteiger partial charge in [0.25, 0.3) is 0 Å². The summed E-state index contributed by atoms with van der Waals surface area (Å²) in [6.07, 6.45) is -0.394. The molecule has 1 aliphatic heterocycles. The average Bonchev–Trinajstić information content (AvgIpc) is 2.61. The minimum Gasteiger partial charge on any atom is -0.466 e. The first-order valence-electron chi connectivity index (χ1n) is 8.27. The molecule has 0 saturated heterocycles. The fourth-order valence-electron chi connectivity index (χ4n) is 2.97. The van der Waals surface area contributed by atoms with E-state index in [1.165, 1.54) is 7.11 Å². The van der Waals surface area contributed by atoms with Crippen molar-refractivity contribution in [2.75, 3.05) is 13.7 Å². The van der Waals surface area contributed by atoms with Crippen molar-refractivity contribution in [3.8, 4) is 0 Å². The summed E-state index contributed by atoms with van der Waals surface area (Å²) in [6.45, 7) is 4.61. The van der Waals surface area contributed by atoms with Crippen molar-refractivity contribution < 1.29 is 24.2 Å². The lowest BCUT2D eigenvalue weighted by Crippen LogP contribution is -2.35. The fraction of sp³-hybridized carbons (Fsp3) is 0.368. The molecule has 0 bridgehead atoms. The second-order valence-electron chi connectivity index (χ2n) is 6.24. The number of hydrogen-bond acceptors (Lipinski definition) is 6. The zero-order chi connectivity index (χ0) is 20.3. The lowest BCUT2D eigenvalue weighted by molar-refractivity contribution is -0.143. The van der Waals surface area contributed by atoms with Crippen LogP contribution in [0.15, 0.2) is 40.7 Å². The molecule has 0 spiro atoms. The van der Waals surface area contributed by atoms with Gasteiger partial charge in [0.1, 0.15) is 0 Å². The molecule has 1 aromatic rings. The lowest BCUT2D eigenvalue weighted by atomic mass is 9.80. The van der Waals surface area contributed by atoms with Crippen LogP contribution in [0.2, 0.25) is 10.0 Å². The highest BCUT2D eigenvalue weighted by atomic mass is 35.5. The summed E-state index contributed by atoms with van der Waals surface area (Å²) in [4.78, 5) is 25.3. The van der Waals surface area contributed by atoms with Gasteiger partial charge >= 0.3 is 11.9 Å². The van der Waals surface area contributed by atoms with Crippen molar-refractivity contribution in [2.24, 2.45) is 0 Å². The third-order valence-corrected chi connectivity index (χ3v) is 4.90. The van der Waals surface area contributed by atoms with Gasteiger partial charge in [0.05, 0.1) is 52.6 Å². The number of aliphatic hydroxyl groups excluding tert-OH is 1. The van der Waals surface area contributed by atoms with Crippen LogP contribution in [0, 0.1) is 0 Å². The molecule has 0 aromatic heterocycles. The molecule has 2 N–H and O–H groups in total. The zero-order valence-corrected chi connectivity index (χ0v) is 16.9. The Morgan fingerprint density at radius 3 is 2.44 bits per heavy atom. The molecule has 8 heteroatoms. The van der Waals surface area contributed by atoms with Gasteiger partial charge in [-0.3, -0.25) is 0 Å². The van der Waals surface area contributed by atoms with Crippen LogP contribution in [-0.4, -0.2) is 36.9 Å². The van der Waals surface area contributed by atoms with Crippen LogP contribution in [0.3, 0.4) is 0 Å². The van der Waals surface area contributed by atoms with E-state index in [0.29, 0.717) is 11.3 Å². The van der Waals surface area contributed by atoms with E-state index in [1.807, 2.05) is 0 Å². The number of esters is 2. The lowest BCUT2D eigenvalue weighted by Gasteiger charge is -2.31. The van der Waals surface area contributed by atoms with Gasteiger partial charge < -0.3 is 19.9 Å². The van der Waals surface area contributed by atoms with Crippen molar-refractivity contribution in [1.82, 2.24) is 5.32 Å². The Hall–Kier alpha value is -2.02. The Kier molecular flexibility index (Phi) is 6.92. The van der Waals surface area contributed by atoms with Gasteiger partial charge in [0.2, 0.25) is 0 Å². The van der Waals surface area contributed by atoms with Gasteiger partial charge in [-0.1, -0.05) is 35.3 Å². The van der Waals surface area contributed by atoms with Gasteiger partial charge in [-0.05, 0) is 32.4 Å². The molecule has 0 fully saturated rings. The van der Waals surface area contributed by atoms with Gasteiger partial charge in [0.15, 0.2) is 0 Å². The minimum absolute atomic E-state index is 0.0846. The summed E-state index contributed by atoms with van der Waals surface area (Å²) in [5.41, 5.74) is 1.38. The maximum atomic E-state index is 12.8. The molecule has 0 radical (unpaired) electrons. The Morgan fingerprint density at radius 2 is 1.89 bits per heavy atom. The van der Waals surface area contributed by atoms with Crippen LogP contribution in [0.1, 0.15) is 32.3 Å². The van der Waals surface area contributed by atoms with E-state index in [4.69, 9.17) is 32.7 Å². The van der Waals surface area contributed by atoms with Crippen LogP contribution in [0.4, 0.5) is 0 Å². The number of ether oxygens (including phenoxy) is 2. The monoisotopic (exact) mass is 413 g/mol. The van der Waals surface area contributed by atoms with E-state index in [9.17, 15) is 14.7 Å². The van der Waals surface area contributed by atoms with E-state index < -0.39 is 30.6 Å². The maximum absolute atomic E-state index is 12.8. The molecule has 0 saturated carbocycles. The molecule has 6 nitrogen and oxygen atoms in total. The third-order valence-electron chi connectivity index (χ3n) is 4.06. The maximum Gasteiger partial charge on any atom is 0.337 e. The van der Waals surface area contributed by atoms with Crippen molar-refractivity contribution >= 4 is 35.1 Å². The number of methoxy groups -OCH3 is 1. The number of carbonyl (C=O) groups excluding carboxylic acids is 2. The number of allylic oxidation sites excluding steroid dienone is 1. The highest BCUT2D eigenvalue weighted by Gasteiger charge is 2.40. The summed E-state index contributed by atoms with van der Waals surface area (Å²) in [5, 5.41) is 13.2. The van der Waals surface area contributed by atoms with Crippen LogP contribution in [0.25, 0.3) is 0 Å². The minimum atomic E-state index is -0.904. The van der Waals surface area contributed by atoms with E-state index >= 15 is 0 Å². The molecule has 0 aliphatic carbocycles. The highest BCUT2D eigenvalue weighted by Crippen LogP contribution is 2.43.